The van der Waals surface area contributed by atoms with Gasteiger partial charge in [0, 0.05) is 16.6 Å². The molecule has 1 aliphatic heterocycles. The minimum absolute atomic E-state index is 0.228. The van der Waals surface area contributed by atoms with Crippen molar-refractivity contribution >= 4 is 22.8 Å². The summed E-state index contributed by atoms with van der Waals surface area (Å²) in [6.07, 6.45) is 2.23. The lowest BCUT2D eigenvalue weighted by molar-refractivity contribution is 0.1000. The van der Waals surface area contributed by atoms with Crippen LogP contribution in [0.25, 0.3) is 0 Å². The molecule has 20 heavy (non-hydrogen) atoms. The standard InChI is InChI=1S/C17H19NOS/c1-12-7-9-14-5-3-4-6-15(14)18(12)11-16(19)17-10-8-13(2)20-17/h3-6,8,10,12H,7,9,11H2,1-2H3. The topological polar surface area (TPSA) is 20.3 Å². The molecule has 1 aromatic heterocycles. The Hall–Kier alpha value is -1.61. The third-order valence-corrected chi connectivity index (χ3v) is 5.04. The molecule has 2 nitrogen and oxygen atoms in total. The van der Waals surface area contributed by atoms with Crippen LogP contribution >= 0.6 is 11.3 Å². The molecule has 1 unspecified atom stereocenters. The molecule has 2 heterocycles. The number of rotatable bonds is 3. The van der Waals surface area contributed by atoms with Crippen LogP contribution in [0.1, 0.15) is 33.5 Å². The second-order valence-electron chi connectivity index (χ2n) is 5.48. The summed E-state index contributed by atoms with van der Waals surface area (Å²) in [5, 5.41) is 0. The first-order valence-electron chi connectivity index (χ1n) is 7.09. The molecule has 0 spiro atoms. The molecule has 104 valence electrons. The highest BCUT2D eigenvalue weighted by atomic mass is 32.1. The zero-order valence-electron chi connectivity index (χ0n) is 11.9. The molecule has 0 aliphatic carbocycles. The number of Topliss-reactive ketones (excluding diaryl/α,β-unsaturated/α-hetero) is 1. The van der Waals surface area contributed by atoms with Crippen LogP contribution in [0.4, 0.5) is 5.69 Å². The third kappa shape index (κ3) is 2.50. The van der Waals surface area contributed by atoms with Crippen molar-refractivity contribution in [3.05, 3.63) is 51.7 Å². The van der Waals surface area contributed by atoms with E-state index in [1.165, 1.54) is 16.1 Å². The van der Waals surface area contributed by atoms with Crippen LogP contribution in [0, 0.1) is 6.92 Å². The minimum atomic E-state index is 0.228. The molecule has 0 amide bonds. The quantitative estimate of drug-likeness (QED) is 0.792. The smallest absolute Gasteiger partial charge is 0.191 e. The van der Waals surface area contributed by atoms with Crippen molar-refractivity contribution in [1.29, 1.82) is 0 Å². The van der Waals surface area contributed by atoms with E-state index in [1.54, 1.807) is 11.3 Å². The predicted octanol–water partition coefficient (Wildman–Crippen LogP) is 4.08. The van der Waals surface area contributed by atoms with Gasteiger partial charge in [-0.3, -0.25) is 4.79 Å². The molecule has 1 atom stereocenters. The van der Waals surface area contributed by atoms with E-state index in [4.69, 9.17) is 0 Å². The zero-order valence-corrected chi connectivity index (χ0v) is 12.7. The second-order valence-corrected chi connectivity index (χ2v) is 6.77. The van der Waals surface area contributed by atoms with Crippen molar-refractivity contribution in [1.82, 2.24) is 0 Å². The fourth-order valence-electron chi connectivity index (χ4n) is 2.82. The number of carbonyl (C=O) groups is 1. The van der Waals surface area contributed by atoms with Crippen LogP contribution in [-0.2, 0) is 6.42 Å². The van der Waals surface area contributed by atoms with Crippen LogP contribution in [-0.4, -0.2) is 18.4 Å². The summed E-state index contributed by atoms with van der Waals surface area (Å²) in [6, 6.07) is 12.8. The van der Waals surface area contributed by atoms with Gasteiger partial charge in [-0.05, 0) is 50.5 Å². The first-order valence-corrected chi connectivity index (χ1v) is 7.91. The number of hydrogen-bond donors (Lipinski definition) is 0. The average Bonchev–Trinajstić information content (AvgIpc) is 2.89. The molecule has 1 aliphatic rings. The monoisotopic (exact) mass is 285 g/mol. The molecule has 3 heteroatoms. The van der Waals surface area contributed by atoms with Crippen LogP contribution in [0.3, 0.4) is 0 Å². The maximum atomic E-state index is 12.5. The Morgan fingerprint density at radius 1 is 1.30 bits per heavy atom. The molecule has 0 N–H and O–H groups in total. The van der Waals surface area contributed by atoms with E-state index in [1.807, 2.05) is 19.1 Å². The Morgan fingerprint density at radius 2 is 2.10 bits per heavy atom. The van der Waals surface area contributed by atoms with Gasteiger partial charge in [0.2, 0.25) is 0 Å². The van der Waals surface area contributed by atoms with Gasteiger partial charge in [0.1, 0.15) is 0 Å². The van der Waals surface area contributed by atoms with Gasteiger partial charge in [-0.2, -0.15) is 0 Å². The van der Waals surface area contributed by atoms with E-state index >= 15 is 0 Å². The number of benzene rings is 1. The molecule has 0 radical (unpaired) electrons. The Bertz CT molecular complexity index is 631. The van der Waals surface area contributed by atoms with Crippen LogP contribution in [0.2, 0.25) is 0 Å². The van der Waals surface area contributed by atoms with Crippen molar-refractivity contribution in [2.75, 3.05) is 11.4 Å². The summed E-state index contributed by atoms with van der Waals surface area (Å²) in [5.74, 6) is 0.228. The van der Waals surface area contributed by atoms with E-state index < -0.39 is 0 Å². The maximum Gasteiger partial charge on any atom is 0.191 e. The number of anilines is 1. The number of aryl methyl sites for hydroxylation is 2. The van der Waals surface area contributed by atoms with E-state index in [2.05, 4.69) is 36.1 Å². The van der Waals surface area contributed by atoms with E-state index in [0.717, 1.165) is 17.7 Å². The Kier molecular flexibility index (Phi) is 3.62. The molecule has 3 rings (SSSR count). The number of fused-ring (bicyclic) bond motifs is 1. The van der Waals surface area contributed by atoms with Gasteiger partial charge < -0.3 is 4.90 Å². The third-order valence-electron chi connectivity index (χ3n) is 3.99. The Balaban J connectivity index is 1.85. The fraction of sp³-hybridized carbons (Fsp3) is 0.353. The number of para-hydroxylation sites is 1. The predicted molar refractivity (Wildman–Crippen MR) is 85.0 cm³/mol. The number of carbonyl (C=O) groups excluding carboxylic acids is 1. The first-order chi connectivity index (χ1) is 9.65. The van der Waals surface area contributed by atoms with Crippen LogP contribution in [0.5, 0.6) is 0 Å². The van der Waals surface area contributed by atoms with E-state index in [9.17, 15) is 4.79 Å². The molecule has 0 fully saturated rings. The van der Waals surface area contributed by atoms with Gasteiger partial charge in [0.15, 0.2) is 5.78 Å². The van der Waals surface area contributed by atoms with Crippen molar-refractivity contribution in [2.45, 2.75) is 32.7 Å². The van der Waals surface area contributed by atoms with Gasteiger partial charge in [-0.15, -0.1) is 11.3 Å². The lowest BCUT2D eigenvalue weighted by atomic mass is 9.96. The Labute approximate surface area is 124 Å². The highest BCUT2D eigenvalue weighted by Crippen LogP contribution is 2.30. The van der Waals surface area contributed by atoms with Gasteiger partial charge >= 0.3 is 0 Å². The van der Waals surface area contributed by atoms with E-state index in [0.29, 0.717) is 12.6 Å². The number of nitrogens with zero attached hydrogens (tertiary/aromatic N) is 1. The number of ketones is 1. The van der Waals surface area contributed by atoms with Crippen molar-refractivity contribution in [3.8, 4) is 0 Å². The maximum absolute atomic E-state index is 12.5. The molecule has 0 bridgehead atoms. The largest absolute Gasteiger partial charge is 0.361 e. The summed E-state index contributed by atoms with van der Waals surface area (Å²) < 4.78 is 0. The minimum Gasteiger partial charge on any atom is -0.361 e. The Morgan fingerprint density at radius 3 is 2.85 bits per heavy atom. The summed E-state index contributed by atoms with van der Waals surface area (Å²) in [5.41, 5.74) is 2.59. The molecule has 2 aromatic rings. The lowest BCUT2D eigenvalue weighted by Crippen LogP contribution is -2.40. The molecular weight excluding hydrogens is 266 g/mol. The molecule has 1 aromatic carbocycles. The lowest BCUT2D eigenvalue weighted by Gasteiger charge is -2.36. The molecule has 0 saturated heterocycles. The number of hydrogen-bond acceptors (Lipinski definition) is 3. The van der Waals surface area contributed by atoms with Gasteiger partial charge in [0.05, 0.1) is 11.4 Å². The highest BCUT2D eigenvalue weighted by Gasteiger charge is 2.25. The molecular formula is C17H19NOS. The number of thiophene rings is 1. The normalized spacial score (nSPS) is 17.9. The second kappa shape index (κ2) is 5.41. The SMILES string of the molecule is Cc1ccc(C(=O)CN2c3ccccc3CCC2C)s1. The fourth-order valence-corrected chi connectivity index (χ4v) is 3.62. The first kappa shape index (κ1) is 13.4. The van der Waals surface area contributed by atoms with E-state index in [-0.39, 0.29) is 5.78 Å². The van der Waals surface area contributed by atoms with Gasteiger partial charge in [-0.25, -0.2) is 0 Å². The zero-order chi connectivity index (χ0) is 14.1. The van der Waals surface area contributed by atoms with Crippen LogP contribution < -0.4 is 4.90 Å². The highest BCUT2D eigenvalue weighted by molar-refractivity contribution is 7.14. The van der Waals surface area contributed by atoms with Crippen molar-refractivity contribution in [3.63, 3.8) is 0 Å². The molecule has 0 saturated carbocycles. The summed E-state index contributed by atoms with van der Waals surface area (Å²) in [6.45, 7) is 4.74. The van der Waals surface area contributed by atoms with Gasteiger partial charge in [0.25, 0.3) is 0 Å². The van der Waals surface area contributed by atoms with Crippen LogP contribution in [0.15, 0.2) is 36.4 Å². The summed E-state index contributed by atoms with van der Waals surface area (Å²) >= 11 is 1.59. The summed E-state index contributed by atoms with van der Waals surface area (Å²) in [7, 11) is 0. The summed E-state index contributed by atoms with van der Waals surface area (Å²) in [4.78, 5) is 16.8. The van der Waals surface area contributed by atoms with Crippen molar-refractivity contribution in [2.24, 2.45) is 0 Å². The van der Waals surface area contributed by atoms with Crippen molar-refractivity contribution < 1.29 is 4.79 Å². The average molecular weight is 285 g/mol. The van der Waals surface area contributed by atoms with Gasteiger partial charge in [-0.1, -0.05) is 18.2 Å².